The van der Waals surface area contributed by atoms with Gasteiger partial charge in [0.25, 0.3) is 0 Å². The van der Waals surface area contributed by atoms with E-state index in [1.54, 1.807) is 4.68 Å². The van der Waals surface area contributed by atoms with Crippen LogP contribution in [0.25, 0.3) is 0 Å². The molecule has 0 radical (unpaired) electrons. The van der Waals surface area contributed by atoms with Crippen LogP contribution in [0.15, 0.2) is 46.9 Å². The molecule has 0 fully saturated rings. The quantitative estimate of drug-likeness (QED) is 0.480. The van der Waals surface area contributed by atoms with Crippen LogP contribution in [0.2, 0.25) is 5.02 Å². The molecule has 136 valence electrons. The Labute approximate surface area is 170 Å². The smallest absolute Gasteiger partial charge is 0.214 e. The fourth-order valence-electron chi connectivity index (χ4n) is 2.49. The van der Waals surface area contributed by atoms with E-state index < -0.39 is 0 Å². The van der Waals surface area contributed by atoms with E-state index in [0.29, 0.717) is 22.9 Å². The number of nitrogens with one attached hydrogen (secondary N) is 2. The standard InChI is InChI=1S/C18H18BrClN4OS/c1-2-17-22-23-18(26)24(17)21-10-13-9-14(19)7-8-16(13)25-11-12-5-3-4-6-15(12)20/h3-9,21H,2,10-11H2,1H3,(H,23,26). The summed E-state index contributed by atoms with van der Waals surface area (Å²) in [7, 11) is 0. The third kappa shape index (κ3) is 4.47. The SMILES string of the molecule is CCc1n[nH]c(=S)n1NCc1cc(Br)ccc1OCc1ccccc1Cl. The highest BCUT2D eigenvalue weighted by Gasteiger charge is 2.09. The van der Waals surface area contributed by atoms with Gasteiger partial charge in [-0.25, -0.2) is 4.68 Å². The number of halogens is 2. The summed E-state index contributed by atoms with van der Waals surface area (Å²) in [6, 6.07) is 13.6. The maximum absolute atomic E-state index is 6.21. The van der Waals surface area contributed by atoms with E-state index in [2.05, 4.69) is 31.6 Å². The second-order valence-corrected chi connectivity index (χ2v) is 7.31. The highest BCUT2D eigenvalue weighted by atomic mass is 79.9. The molecule has 3 rings (SSSR count). The van der Waals surface area contributed by atoms with Gasteiger partial charge in [0, 0.05) is 27.0 Å². The number of ether oxygens (including phenoxy) is 1. The second kappa shape index (κ2) is 8.70. The monoisotopic (exact) mass is 452 g/mol. The summed E-state index contributed by atoms with van der Waals surface area (Å²) in [5, 5.41) is 7.70. The Bertz CT molecular complexity index is 956. The van der Waals surface area contributed by atoms with Crippen molar-refractivity contribution in [2.75, 3.05) is 5.43 Å². The maximum Gasteiger partial charge on any atom is 0.214 e. The molecular weight excluding hydrogens is 436 g/mol. The molecule has 2 N–H and O–H groups in total. The molecule has 0 aliphatic heterocycles. The number of hydrogen-bond acceptors (Lipinski definition) is 4. The van der Waals surface area contributed by atoms with Crippen LogP contribution in [-0.4, -0.2) is 14.9 Å². The van der Waals surface area contributed by atoms with Gasteiger partial charge in [-0.05, 0) is 36.5 Å². The molecular formula is C18H18BrClN4OS. The first-order valence-electron chi connectivity index (χ1n) is 8.13. The van der Waals surface area contributed by atoms with Gasteiger partial charge in [0.1, 0.15) is 12.4 Å². The number of aryl methyl sites for hydroxylation is 1. The van der Waals surface area contributed by atoms with Gasteiger partial charge in [0.05, 0.1) is 6.54 Å². The molecule has 0 spiro atoms. The van der Waals surface area contributed by atoms with Gasteiger partial charge in [-0.15, -0.1) is 0 Å². The van der Waals surface area contributed by atoms with Gasteiger partial charge >= 0.3 is 0 Å². The molecule has 8 heteroatoms. The molecule has 0 aliphatic rings. The van der Waals surface area contributed by atoms with Crippen molar-refractivity contribution in [3.63, 3.8) is 0 Å². The molecule has 0 saturated carbocycles. The molecule has 0 bridgehead atoms. The summed E-state index contributed by atoms with van der Waals surface area (Å²) in [4.78, 5) is 0. The first-order valence-corrected chi connectivity index (χ1v) is 9.71. The van der Waals surface area contributed by atoms with Gasteiger partial charge in [-0.2, -0.15) is 5.10 Å². The summed E-state index contributed by atoms with van der Waals surface area (Å²) in [5.74, 6) is 1.64. The second-order valence-electron chi connectivity index (χ2n) is 5.60. The molecule has 0 amide bonds. The molecule has 0 atom stereocenters. The number of aromatic nitrogens is 3. The van der Waals surface area contributed by atoms with Crippen molar-refractivity contribution in [2.45, 2.75) is 26.5 Å². The number of benzene rings is 2. The Morgan fingerprint density at radius 2 is 2.08 bits per heavy atom. The van der Waals surface area contributed by atoms with Gasteiger partial charge in [0.2, 0.25) is 4.77 Å². The van der Waals surface area contributed by atoms with Crippen LogP contribution in [0.1, 0.15) is 23.9 Å². The maximum atomic E-state index is 6.21. The predicted octanol–water partition coefficient (Wildman–Crippen LogP) is 5.24. The first kappa shape index (κ1) is 18.9. The summed E-state index contributed by atoms with van der Waals surface area (Å²) in [5.41, 5.74) is 5.24. The van der Waals surface area contributed by atoms with Crippen LogP contribution in [0.3, 0.4) is 0 Å². The van der Waals surface area contributed by atoms with Crippen LogP contribution in [0, 0.1) is 4.77 Å². The Balaban J connectivity index is 1.76. The summed E-state index contributed by atoms with van der Waals surface area (Å²) < 4.78 is 9.31. The summed E-state index contributed by atoms with van der Waals surface area (Å²) in [6.45, 7) is 2.97. The molecule has 3 aromatic rings. The van der Waals surface area contributed by atoms with Crippen molar-refractivity contribution in [3.8, 4) is 5.75 Å². The van der Waals surface area contributed by atoms with Crippen molar-refractivity contribution in [2.24, 2.45) is 0 Å². The summed E-state index contributed by atoms with van der Waals surface area (Å²) in [6.07, 6.45) is 0.772. The number of aromatic amines is 1. The zero-order chi connectivity index (χ0) is 18.5. The summed E-state index contributed by atoms with van der Waals surface area (Å²) >= 11 is 15.0. The molecule has 0 aliphatic carbocycles. The first-order chi connectivity index (χ1) is 12.6. The van der Waals surface area contributed by atoms with E-state index in [0.717, 1.165) is 33.6 Å². The van der Waals surface area contributed by atoms with E-state index in [1.807, 2.05) is 49.4 Å². The minimum absolute atomic E-state index is 0.402. The lowest BCUT2D eigenvalue weighted by Crippen LogP contribution is -2.18. The Morgan fingerprint density at radius 1 is 1.27 bits per heavy atom. The van der Waals surface area contributed by atoms with Crippen LogP contribution < -0.4 is 10.2 Å². The average Bonchev–Trinajstić information content (AvgIpc) is 3.00. The van der Waals surface area contributed by atoms with E-state index in [1.165, 1.54) is 0 Å². The number of rotatable bonds is 7. The Morgan fingerprint density at radius 3 is 2.85 bits per heavy atom. The Hall–Kier alpha value is -1.83. The molecule has 0 unspecified atom stereocenters. The van der Waals surface area contributed by atoms with E-state index >= 15 is 0 Å². The molecule has 5 nitrogen and oxygen atoms in total. The molecule has 0 saturated heterocycles. The molecule has 1 aromatic heterocycles. The van der Waals surface area contributed by atoms with Crippen LogP contribution in [0.4, 0.5) is 0 Å². The lowest BCUT2D eigenvalue weighted by atomic mass is 10.2. The van der Waals surface area contributed by atoms with E-state index in [-0.39, 0.29) is 0 Å². The fourth-order valence-corrected chi connectivity index (χ4v) is 3.31. The zero-order valence-corrected chi connectivity index (χ0v) is 17.3. The highest BCUT2D eigenvalue weighted by molar-refractivity contribution is 9.10. The van der Waals surface area contributed by atoms with E-state index in [9.17, 15) is 0 Å². The predicted molar refractivity (Wildman–Crippen MR) is 110 cm³/mol. The number of nitrogens with zero attached hydrogens (tertiary/aromatic N) is 2. The highest BCUT2D eigenvalue weighted by Crippen LogP contribution is 2.25. The fraction of sp³-hybridized carbons (Fsp3) is 0.222. The number of hydrogen-bond donors (Lipinski definition) is 2. The van der Waals surface area contributed by atoms with Crippen molar-refractivity contribution in [3.05, 3.63) is 73.7 Å². The van der Waals surface area contributed by atoms with E-state index in [4.69, 9.17) is 28.6 Å². The third-order valence-corrected chi connectivity index (χ3v) is 4.99. The van der Waals surface area contributed by atoms with Crippen molar-refractivity contribution < 1.29 is 4.74 Å². The van der Waals surface area contributed by atoms with Gasteiger partial charge < -0.3 is 10.2 Å². The average molecular weight is 454 g/mol. The van der Waals surface area contributed by atoms with Gasteiger partial charge in [-0.1, -0.05) is 52.7 Å². The van der Waals surface area contributed by atoms with Crippen LogP contribution >= 0.6 is 39.7 Å². The largest absolute Gasteiger partial charge is 0.488 e. The van der Waals surface area contributed by atoms with Crippen LogP contribution in [-0.2, 0) is 19.6 Å². The van der Waals surface area contributed by atoms with Crippen LogP contribution in [0.5, 0.6) is 5.75 Å². The normalized spacial score (nSPS) is 10.7. The van der Waals surface area contributed by atoms with Gasteiger partial charge in [0.15, 0.2) is 5.82 Å². The van der Waals surface area contributed by atoms with Crippen molar-refractivity contribution >= 4 is 39.7 Å². The molecule has 26 heavy (non-hydrogen) atoms. The Kier molecular flexibility index (Phi) is 6.34. The minimum atomic E-state index is 0.402. The zero-order valence-electron chi connectivity index (χ0n) is 14.1. The lowest BCUT2D eigenvalue weighted by molar-refractivity contribution is 0.303. The number of H-pyrrole nitrogens is 1. The topological polar surface area (TPSA) is 54.9 Å². The molecule has 1 heterocycles. The molecule has 2 aromatic carbocycles. The minimum Gasteiger partial charge on any atom is -0.488 e. The third-order valence-electron chi connectivity index (χ3n) is 3.85. The van der Waals surface area contributed by atoms with Crippen molar-refractivity contribution in [1.82, 2.24) is 14.9 Å². The van der Waals surface area contributed by atoms with Crippen molar-refractivity contribution in [1.29, 1.82) is 0 Å². The lowest BCUT2D eigenvalue weighted by Gasteiger charge is -2.15. The van der Waals surface area contributed by atoms with Gasteiger partial charge in [-0.3, -0.25) is 5.10 Å².